The van der Waals surface area contributed by atoms with Gasteiger partial charge in [-0.1, -0.05) is 66.7 Å². The summed E-state index contributed by atoms with van der Waals surface area (Å²) < 4.78 is 0. The maximum absolute atomic E-state index is 13.2. The predicted molar refractivity (Wildman–Crippen MR) is 125 cm³/mol. The number of hydrogen-bond acceptors (Lipinski definition) is 3. The molecule has 1 aliphatic rings. The van der Waals surface area contributed by atoms with Crippen LogP contribution in [0.5, 0.6) is 0 Å². The summed E-state index contributed by atoms with van der Waals surface area (Å²) in [5.74, 6) is 0.0466. The van der Waals surface area contributed by atoms with Gasteiger partial charge in [0.05, 0.1) is 18.4 Å². The van der Waals surface area contributed by atoms with E-state index in [0.717, 1.165) is 16.9 Å². The summed E-state index contributed by atoms with van der Waals surface area (Å²) in [5.41, 5.74) is 2.27. The normalized spacial score (nSPS) is 19.6. The van der Waals surface area contributed by atoms with Crippen molar-refractivity contribution in [3.05, 3.63) is 94.2 Å². The topological polar surface area (TPSA) is 49.4 Å². The third kappa shape index (κ3) is 5.42. The molecular formula is C26H28N2O2S. The molecular weight excluding hydrogens is 404 g/mol. The monoisotopic (exact) mass is 432 g/mol. The Morgan fingerprint density at radius 3 is 2.39 bits per heavy atom. The quantitative estimate of drug-likeness (QED) is 0.608. The average molecular weight is 433 g/mol. The van der Waals surface area contributed by atoms with Crippen LogP contribution < -0.4 is 5.32 Å². The lowest BCUT2D eigenvalue weighted by Crippen LogP contribution is -2.48. The van der Waals surface area contributed by atoms with Crippen molar-refractivity contribution in [3.63, 3.8) is 0 Å². The van der Waals surface area contributed by atoms with E-state index in [1.807, 2.05) is 77.9 Å². The summed E-state index contributed by atoms with van der Waals surface area (Å²) in [6.07, 6.45) is 1.15. The number of thiophene rings is 1. The maximum atomic E-state index is 13.2. The van der Waals surface area contributed by atoms with Gasteiger partial charge in [-0.2, -0.15) is 0 Å². The Morgan fingerprint density at radius 2 is 1.71 bits per heavy atom. The smallest absolute Gasteiger partial charge is 0.227 e. The Hall–Kier alpha value is -2.92. The van der Waals surface area contributed by atoms with Crippen LogP contribution in [0, 0.1) is 5.92 Å². The molecule has 4 rings (SSSR count). The molecule has 3 atom stereocenters. The SMILES string of the molecule is CC(NC(=O)C1CC(c2ccccc2)CN(C(=O)Cc2cccs2)C1)c1ccccc1. The van der Waals surface area contributed by atoms with Crippen LogP contribution in [-0.2, 0) is 16.0 Å². The van der Waals surface area contributed by atoms with Crippen LogP contribution in [0.2, 0.25) is 0 Å². The average Bonchev–Trinajstić information content (AvgIpc) is 3.33. The number of nitrogens with zero attached hydrogens (tertiary/aromatic N) is 1. The van der Waals surface area contributed by atoms with Crippen LogP contribution in [0.15, 0.2) is 78.2 Å². The van der Waals surface area contributed by atoms with Gasteiger partial charge in [0.1, 0.15) is 0 Å². The highest BCUT2D eigenvalue weighted by Gasteiger charge is 2.35. The molecule has 0 saturated carbocycles. The zero-order valence-corrected chi connectivity index (χ0v) is 18.6. The van der Waals surface area contributed by atoms with E-state index >= 15 is 0 Å². The first-order valence-corrected chi connectivity index (χ1v) is 11.7. The van der Waals surface area contributed by atoms with Gasteiger partial charge in [0.25, 0.3) is 0 Å². The first-order chi connectivity index (χ1) is 15.1. The summed E-state index contributed by atoms with van der Waals surface area (Å²) in [7, 11) is 0. The number of hydrogen-bond donors (Lipinski definition) is 1. The Morgan fingerprint density at radius 1 is 1.00 bits per heavy atom. The summed E-state index contributed by atoms with van der Waals surface area (Å²) in [4.78, 5) is 29.2. The minimum Gasteiger partial charge on any atom is -0.349 e. The minimum absolute atomic E-state index is 0.0194. The second kappa shape index (κ2) is 9.92. The van der Waals surface area contributed by atoms with Gasteiger partial charge in [-0.15, -0.1) is 11.3 Å². The van der Waals surface area contributed by atoms with Crippen molar-refractivity contribution in [2.45, 2.75) is 31.7 Å². The molecule has 1 fully saturated rings. The third-order valence-corrected chi connectivity index (χ3v) is 6.89. The number of carbonyl (C=O) groups is 2. The number of likely N-dealkylation sites (tertiary alicyclic amines) is 1. The molecule has 31 heavy (non-hydrogen) atoms. The van der Waals surface area contributed by atoms with Crippen molar-refractivity contribution in [3.8, 4) is 0 Å². The number of nitrogens with one attached hydrogen (secondary N) is 1. The first kappa shape index (κ1) is 21.3. The molecule has 1 saturated heterocycles. The van der Waals surface area contributed by atoms with Gasteiger partial charge in [0.15, 0.2) is 0 Å². The second-order valence-corrected chi connectivity index (χ2v) is 9.27. The minimum atomic E-state index is -0.225. The Balaban J connectivity index is 1.49. The van der Waals surface area contributed by atoms with E-state index in [-0.39, 0.29) is 29.7 Å². The molecule has 1 aromatic heterocycles. The number of piperidine rings is 1. The lowest BCUT2D eigenvalue weighted by Gasteiger charge is -2.38. The number of rotatable bonds is 6. The molecule has 2 amide bonds. The number of amides is 2. The van der Waals surface area contributed by atoms with E-state index in [9.17, 15) is 9.59 Å². The summed E-state index contributed by atoms with van der Waals surface area (Å²) in [5, 5.41) is 5.16. The number of carbonyl (C=O) groups excluding carboxylic acids is 2. The summed E-state index contributed by atoms with van der Waals surface area (Å²) in [6.45, 7) is 3.14. The molecule has 5 heteroatoms. The van der Waals surface area contributed by atoms with Crippen molar-refractivity contribution in [1.29, 1.82) is 0 Å². The fraction of sp³-hybridized carbons (Fsp3) is 0.308. The van der Waals surface area contributed by atoms with Crippen LogP contribution in [0.25, 0.3) is 0 Å². The molecule has 2 heterocycles. The van der Waals surface area contributed by atoms with Crippen LogP contribution in [0.4, 0.5) is 0 Å². The molecule has 3 unspecified atom stereocenters. The van der Waals surface area contributed by atoms with Gasteiger partial charge in [-0.25, -0.2) is 0 Å². The largest absolute Gasteiger partial charge is 0.349 e. The highest BCUT2D eigenvalue weighted by molar-refractivity contribution is 7.10. The summed E-state index contributed by atoms with van der Waals surface area (Å²) >= 11 is 1.60. The lowest BCUT2D eigenvalue weighted by molar-refractivity contribution is -0.135. The van der Waals surface area contributed by atoms with Gasteiger partial charge in [0.2, 0.25) is 11.8 Å². The molecule has 160 valence electrons. The van der Waals surface area contributed by atoms with E-state index in [2.05, 4.69) is 17.4 Å². The van der Waals surface area contributed by atoms with Crippen LogP contribution in [-0.4, -0.2) is 29.8 Å². The Kier molecular flexibility index (Phi) is 6.82. The van der Waals surface area contributed by atoms with E-state index in [1.54, 1.807) is 11.3 Å². The van der Waals surface area contributed by atoms with Crippen molar-refractivity contribution in [2.75, 3.05) is 13.1 Å². The third-order valence-electron chi connectivity index (χ3n) is 6.01. The van der Waals surface area contributed by atoms with E-state index in [4.69, 9.17) is 0 Å². The Labute approximate surface area is 187 Å². The fourth-order valence-corrected chi connectivity index (χ4v) is 4.99. The van der Waals surface area contributed by atoms with E-state index in [0.29, 0.717) is 19.5 Å². The molecule has 4 nitrogen and oxygen atoms in total. The number of benzene rings is 2. The molecule has 1 aliphatic heterocycles. The van der Waals surface area contributed by atoms with Crippen molar-refractivity contribution >= 4 is 23.2 Å². The van der Waals surface area contributed by atoms with Crippen molar-refractivity contribution in [2.24, 2.45) is 5.92 Å². The molecule has 2 aromatic carbocycles. The van der Waals surface area contributed by atoms with Crippen LogP contribution in [0.1, 0.15) is 41.3 Å². The highest BCUT2D eigenvalue weighted by Crippen LogP contribution is 2.31. The zero-order valence-electron chi connectivity index (χ0n) is 17.7. The van der Waals surface area contributed by atoms with Gasteiger partial charge in [-0.3, -0.25) is 9.59 Å². The molecule has 0 radical (unpaired) electrons. The molecule has 0 bridgehead atoms. The standard InChI is InChI=1S/C26H28N2O2S/c1-19(20-9-4-2-5-10-20)27-26(30)23-15-22(21-11-6-3-7-12-21)17-28(18-23)25(29)16-24-13-8-14-31-24/h2-14,19,22-23H,15-18H2,1H3,(H,27,30). The maximum Gasteiger partial charge on any atom is 0.227 e. The predicted octanol–water partition coefficient (Wildman–Crippen LogP) is 4.80. The van der Waals surface area contributed by atoms with Crippen LogP contribution in [0.3, 0.4) is 0 Å². The first-order valence-electron chi connectivity index (χ1n) is 10.8. The van der Waals surface area contributed by atoms with Crippen molar-refractivity contribution < 1.29 is 9.59 Å². The highest BCUT2D eigenvalue weighted by atomic mass is 32.1. The van der Waals surface area contributed by atoms with E-state index in [1.165, 1.54) is 5.56 Å². The summed E-state index contributed by atoms with van der Waals surface area (Å²) in [6, 6.07) is 24.1. The molecule has 3 aromatic rings. The van der Waals surface area contributed by atoms with Gasteiger partial charge in [0, 0.05) is 23.9 Å². The van der Waals surface area contributed by atoms with Gasteiger partial charge < -0.3 is 10.2 Å². The van der Waals surface area contributed by atoms with Crippen molar-refractivity contribution in [1.82, 2.24) is 10.2 Å². The molecule has 0 aliphatic carbocycles. The molecule has 0 spiro atoms. The van der Waals surface area contributed by atoms with Crippen LogP contribution >= 0.6 is 11.3 Å². The van der Waals surface area contributed by atoms with Gasteiger partial charge >= 0.3 is 0 Å². The lowest BCUT2D eigenvalue weighted by atomic mass is 9.83. The molecule has 1 N–H and O–H groups in total. The fourth-order valence-electron chi connectivity index (χ4n) is 4.29. The second-order valence-electron chi connectivity index (χ2n) is 8.24. The van der Waals surface area contributed by atoms with Gasteiger partial charge in [-0.05, 0) is 35.9 Å². The van der Waals surface area contributed by atoms with E-state index < -0.39 is 0 Å². The Bertz CT molecular complexity index is 989. The zero-order chi connectivity index (χ0) is 21.6.